The standard InChI is InChI=1S/C10H9FN2O2S/c11-7-3-1-6(2-4-7)8-5-16-10(15-8)13-9(12)14/h1-4,8H,5H2,(H2,12,14)/b13-10-. The molecule has 0 aromatic heterocycles. The van der Waals surface area contributed by atoms with E-state index in [1.165, 1.54) is 23.9 Å². The Morgan fingerprint density at radius 3 is 2.81 bits per heavy atom. The van der Waals surface area contributed by atoms with Crippen LogP contribution in [0.2, 0.25) is 0 Å². The lowest BCUT2D eigenvalue weighted by molar-refractivity contribution is 0.232. The number of ether oxygens (including phenoxy) is 1. The van der Waals surface area contributed by atoms with Crippen LogP contribution in [0.3, 0.4) is 0 Å². The lowest BCUT2D eigenvalue weighted by Crippen LogP contribution is -2.08. The minimum Gasteiger partial charge on any atom is -0.464 e. The lowest BCUT2D eigenvalue weighted by Gasteiger charge is -2.08. The number of aliphatic imine (C=N–C) groups is 1. The first-order chi connectivity index (χ1) is 7.65. The third-order valence-corrected chi connectivity index (χ3v) is 2.95. The van der Waals surface area contributed by atoms with Gasteiger partial charge in [0.1, 0.15) is 11.9 Å². The number of thioether (sulfide) groups is 1. The molecule has 1 aliphatic heterocycles. The molecule has 1 aromatic rings. The van der Waals surface area contributed by atoms with Crippen molar-refractivity contribution >= 4 is 23.0 Å². The molecule has 4 nitrogen and oxygen atoms in total. The van der Waals surface area contributed by atoms with Crippen LogP contribution in [-0.2, 0) is 4.74 Å². The van der Waals surface area contributed by atoms with Crippen LogP contribution < -0.4 is 5.73 Å². The average molecular weight is 240 g/mol. The van der Waals surface area contributed by atoms with Crippen molar-refractivity contribution in [3.8, 4) is 0 Å². The summed E-state index contributed by atoms with van der Waals surface area (Å²) < 4.78 is 18.1. The highest BCUT2D eigenvalue weighted by atomic mass is 32.2. The monoisotopic (exact) mass is 240 g/mol. The first-order valence-corrected chi connectivity index (χ1v) is 5.57. The third-order valence-electron chi connectivity index (χ3n) is 2.04. The molecular weight excluding hydrogens is 231 g/mol. The molecule has 1 aliphatic rings. The van der Waals surface area contributed by atoms with Gasteiger partial charge in [0.25, 0.3) is 5.23 Å². The summed E-state index contributed by atoms with van der Waals surface area (Å²) in [7, 11) is 0. The van der Waals surface area contributed by atoms with E-state index in [9.17, 15) is 9.18 Å². The van der Waals surface area contributed by atoms with Gasteiger partial charge in [-0.3, -0.25) is 0 Å². The number of hydrogen-bond acceptors (Lipinski definition) is 3. The molecule has 0 aliphatic carbocycles. The number of carbonyl (C=O) groups excluding carboxylic acids is 1. The molecule has 16 heavy (non-hydrogen) atoms. The van der Waals surface area contributed by atoms with E-state index < -0.39 is 6.03 Å². The average Bonchev–Trinajstić information content (AvgIpc) is 2.66. The second-order valence-corrected chi connectivity index (χ2v) is 4.16. The van der Waals surface area contributed by atoms with E-state index in [2.05, 4.69) is 4.99 Å². The molecule has 0 spiro atoms. The van der Waals surface area contributed by atoms with E-state index in [0.29, 0.717) is 5.75 Å². The number of nitrogens with zero attached hydrogens (tertiary/aromatic N) is 1. The van der Waals surface area contributed by atoms with Gasteiger partial charge in [0, 0.05) is 5.75 Å². The van der Waals surface area contributed by atoms with Gasteiger partial charge >= 0.3 is 6.03 Å². The molecule has 2 N–H and O–H groups in total. The molecule has 0 saturated carbocycles. The van der Waals surface area contributed by atoms with Gasteiger partial charge in [-0.05, 0) is 17.7 Å². The summed E-state index contributed by atoms with van der Waals surface area (Å²) in [5.74, 6) is 0.345. The molecule has 1 saturated heterocycles. The number of rotatable bonds is 1. The largest absolute Gasteiger partial charge is 0.464 e. The molecule has 1 fully saturated rings. The van der Waals surface area contributed by atoms with Gasteiger partial charge in [-0.2, -0.15) is 4.99 Å². The predicted octanol–water partition coefficient (Wildman–Crippen LogP) is 2.06. The maximum Gasteiger partial charge on any atom is 0.342 e. The van der Waals surface area contributed by atoms with E-state index in [1.54, 1.807) is 12.1 Å². The fraction of sp³-hybridized carbons (Fsp3) is 0.200. The fourth-order valence-corrected chi connectivity index (χ4v) is 2.22. The number of carbonyl (C=O) groups is 1. The number of primary amides is 1. The summed E-state index contributed by atoms with van der Waals surface area (Å²) in [5, 5.41) is 0.266. The highest BCUT2D eigenvalue weighted by Crippen LogP contribution is 2.31. The van der Waals surface area contributed by atoms with Crippen LogP contribution in [0.1, 0.15) is 11.7 Å². The zero-order valence-corrected chi connectivity index (χ0v) is 9.04. The molecule has 1 atom stereocenters. The van der Waals surface area contributed by atoms with Crippen LogP contribution in [0.5, 0.6) is 0 Å². The number of hydrogen-bond donors (Lipinski definition) is 1. The Kier molecular flexibility index (Phi) is 3.09. The van der Waals surface area contributed by atoms with E-state index in [0.717, 1.165) is 5.56 Å². The van der Waals surface area contributed by atoms with Crippen LogP contribution in [0.25, 0.3) is 0 Å². The zero-order chi connectivity index (χ0) is 11.5. The fourth-order valence-electron chi connectivity index (χ4n) is 1.33. The van der Waals surface area contributed by atoms with E-state index >= 15 is 0 Å². The molecule has 1 aromatic carbocycles. The Balaban J connectivity index is 2.09. The number of nitrogens with two attached hydrogens (primary N) is 1. The third kappa shape index (κ3) is 2.52. The number of benzene rings is 1. The van der Waals surface area contributed by atoms with Gasteiger partial charge in [-0.1, -0.05) is 23.9 Å². The highest BCUT2D eigenvalue weighted by molar-refractivity contribution is 8.13. The minimum atomic E-state index is -0.776. The Bertz CT molecular complexity index is 433. The second kappa shape index (κ2) is 4.52. The summed E-state index contributed by atoms with van der Waals surface area (Å²) in [6.07, 6.45) is -0.205. The number of urea groups is 1. The minimum absolute atomic E-state index is 0.205. The van der Waals surface area contributed by atoms with Crippen LogP contribution in [-0.4, -0.2) is 17.0 Å². The Morgan fingerprint density at radius 1 is 1.50 bits per heavy atom. The summed E-state index contributed by atoms with van der Waals surface area (Å²) in [5.41, 5.74) is 5.76. The van der Waals surface area contributed by atoms with E-state index in [1.807, 2.05) is 0 Å². The lowest BCUT2D eigenvalue weighted by atomic mass is 10.1. The topological polar surface area (TPSA) is 64.7 Å². The summed E-state index contributed by atoms with van der Waals surface area (Å²) in [4.78, 5) is 14.0. The van der Waals surface area contributed by atoms with Gasteiger partial charge in [-0.15, -0.1) is 0 Å². The normalized spacial score (nSPS) is 22.1. The summed E-state index contributed by atoms with van der Waals surface area (Å²) in [6, 6.07) is 5.25. The second-order valence-electron chi connectivity index (χ2n) is 3.18. The SMILES string of the molecule is NC(=O)/N=C1/OC(c2ccc(F)cc2)CS1. The molecule has 6 heteroatoms. The van der Waals surface area contributed by atoms with Crippen LogP contribution in [0.15, 0.2) is 29.3 Å². The Labute approximate surface area is 95.7 Å². The smallest absolute Gasteiger partial charge is 0.342 e. The molecule has 2 rings (SSSR count). The number of halogens is 1. The maximum absolute atomic E-state index is 12.7. The van der Waals surface area contributed by atoms with Gasteiger partial charge in [0.2, 0.25) is 0 Å². The van der Waals surface area contributed by atoms with Gasteiger partial charge in [0.05, 0.1) is 0 Å². The van der Waals surface area contributed by atoms with Crippen molar-refractivity contribution in [2.24, 2.45) is 10.7 Å². The van der Waals surface area contributed by atoms with Crippen molar-refractivity contribution in [2.45, 2.75) is 6.10 Å². The van der Waals surface area contributed by atoms with Crippen molar-refractivity contribution in [1.82, 2.24) is 0 Å². The Morgan fingerprint density at radius 2 is 2.19 bits per heavy atom. The predicted molar refractivity (Wildman–Crippen MR) is 59.7 cm³/mol. The first-order valence-electron chi connectivity index (χ1n) is 4.58. The van der Waals surface area contributed by atoms with Crippen LogP contribution >= 0.6 is 11.8 Å². The van der Waals surface area contributed by atoms with Crippen molar-refractivity contribution in [3.05, 3.63) is 35.6 Å². The van der Waals surface area contributed by atoms with Gasteiger partial charge in [-0.25, -0.2) is 9.18 Å². The number of amides is 2. The van der Waals surface area contributed by atoms with Crippen molar-refractivity contribution in [1.29, 1.82) is 0 Å². The van der Waals surface area contributed by atoms with E-state index in [-0.39, 0.29) is 17.2 Å². The van der Waals surface area contributed by atoms with Crippen molar-refractivity contribution in [3.63, 3.8) is 0 Å². The Hall–Kier alpha value is -1.56. The van der Waals surface area contributed by atoms with Crippen molar-refractivity contribution in [2.75, 3.05) is 5.75 Å². The zero-order valence-electron chi connectivity index (χ0n) is 8.22. The summed E-state index contributed by atoms with van der Waals surface area (Å²) in [6.45, 7) is 0. The van der Waals surface area contributed by atoms with Gasteiger partial charge < -0.3 is 10.5 Å². The van der Waals surface area contributed by atoms with Crippen LogP contribution in [0, 0.1) is 5.82 Å². The molecule has 0 bridgehead atoms. The maximum atomic E-state index is 12.7. The van der Waals surface area contributed by atoms with Crippen LogP contribution in [0.4, 0.5) is 9.18 Å². The molecular formula is C10H9FN2O2S. The molecule has 1 heterocycles. The van der Waals surface area contributed by atoms with E-state index in [4.69, 9.17) is 10.5 Å². The first kappa shape index (κ1) is 10.9. The molecule has 84 valence electrons. The van der Waals surface area contributed by atoms with Gasteiger partial charge in [0.15, 0.2) is 0 Å². The molecule has 2 amide bonds. The quantitative estimate of drug-likeness (QED) is 0.817. The molecule has 1 unspecified atom stereocenters. The van der Waals surface area contributed by atoms with Crippen molar-refractivity contribution < 1.29 is 13.9 Å². The molecule has 0 radical (unpaired) electrons. The summed E-state index contributed by atoms with van der Waals surface area (Å²) >= 11 is 1.31. The highest BCUT2D eigenvalue weighted by Gasteiger charge is 2.24.